The highest BCUT2D eigenvalue weighted by Gasteiger charge is 2.01. The van der Waals surface area contributed by atoms with Crippen LogP contribution in [-0.2, 0) is 0 Å². The largest absolute Gasteiger partial charge is 0.289 e. The predicted molar refractivity (Wildman–Crippen MR) is 71.7 cm³/mol. The van der Waals surface area contributed by atoms with Crippen molar-refractivity contribution in [1.82, 2.24) is 4.98 Å². The molecule has 0 saturated carbocycles. The molecule has 0 amide bonds. The fourth-order valence-corrected chi connectivity index (χ4v) is 1.77. The zero-order valence-corrected chi connectivity index (χ0v) is 10.6. The van der Waals surface area contributed by atoms with Crippen molar-refractivity contribution in [3.63, 3.8) is 0 Å². The Morgan fingerprint density at radius 1 is 1.18 bits per heavy atom. The molecule has 1 aromatic carbocycles. The van der Waals surface area contributed by atoms with Crippen molar-refractivity contribution in [3.05, 3.63) is 70.5 Å². The third-order valence-electron chi connectivity index (χ3n) is 2.20. The SMILES string of the molecule is O=C(/C=C/c1ccccn1)c1cccc(Br)c1. The van der Waals surface area contributed by atoms with Gasteiger partial charge in [0.25, 0.3) is 0 Å². The molecule has 0 radical (unpaired) electrons. The number of hydrogen-bond acceptors (Lipinski definition) is 2. The van der Waals surface area contributed by atoms with Gasteiger partial charge in [-0.25, -0.2) is 0 Å². The average Bonchev–Trinajstić information content (AvgIpc) is 2.37. The van der Waals surface area contributed by atoms with E-state index < -0.39 is 0 Å². The lowest BCUT2D eigenvalue weighted by molar-refractivity contribution is 0.104. The number of carbonyl (C=O) groups excluding carboxylic acids is 1. The van der Waals surface area contributed by atoms with Crippen LogP contribution in [0.4, 0.5) is 0 Å². The van der Waals surface area contributed by atoms with Crippen LogP contribution in [0.15, 0.2) is 59.2 Å². The van der Waals surface area contributed by atoms with Gasteiger partial charge >= 0.3 is 0 Å². The average molecular weight is 288 g/mol. The molecule has 0 aliphatic heterocycles. The van der Waals surface area contributed by atoms with Gasteiger partial charge in [-0.2, -0.15) is 0 Å². The molecule has 0 N–H and O–H groups in total. The minimum absolute atomic E-state index is 0.0306. The Hall–Kier alpha value is -1.74. The van der Waals surface area contributed by atoms with Gasteiger partial charge < -0.3 is 0 Å². The maximum absolute atomic E-state index is 11.8. The van der Waals surface area contributed by atoms with E-state index in [2.05, 4.69) is 20.9 Å². The number of allylic oxidation sites excluding steroid dienone is 1. The van der Waals surface area contributed by atoms with Gasteiger partial charge in [-0.05, 0) is 36.4 Å². The van der Waals surface area contributed by atoms with Gasteiger partial charge in [0, 0.05) is 16.2 Å². The number of carbonyl (C=O) groups is 1. The van der Waals surface area contributed by atoms with Gasteiger partial charge in [0.15, 0.2) is 5.78 Å². The summed E-state index contributed by atoms with van der Waals surface area (Å²) in [6.07, 6.45) is 4.94. The molecular formula is C14H10BrNO. The molecule has 2 aromatic rings. The normalized spacial score (nSPS) is 10.6. The summed E-state index contributed by atoms with van der Waals surface area (Å²) < 4.78 is 0.898. The first-order valence-electron chi connectivity index (χ1n) is 5.15. The Morgan fingerprint density at radius 2 is 2.06 bits per heavy atom. The molecule has 0 unspecified atom stereocenters. The lowest BCUT2D eigenvalue weighted by Crippen LogP contribution is -1.93. The molecule has 2 nitrogen and oxygen atoms in total. The van der Waals surface area contributed by atoms with E-state index in [1.165, 1.54) is 6.08 Å². The van der Waals surface area contributed by atoms with Crippen LogP contribution in [0.3, 0.4) is 0 Å². The van der Waals surface area contributed by atoms with E-state index in [-0.39, 0.29) is 5.78 Å². The topological polar surface area (TPSA) is 30.0 Å². The fourth-order valence-electron chi connectivity index (χ4n) is 1.37. The number of rotatable bonds is 3. The Morgan fingerprint density at radius 3 is 2.76 bits per heavy atom. The van der Waals surface area contributed by atoms with Crippen LogP contribution in [0.1, 0.15) is 16.1 Å². The van der Waals surface area contributed by atoms with Gasteiger partial charge in [0.1, 0.15) is 0 Å². The third-order valence-corrected chi connectivity index (χ3v) is 2.70. The van der Waals surface area contributed by atoms with E-state index in [1.54, 1.807) is 24.4 Å². The van der Waals surface area contributed by atoms with E-state index in [4.69, 9.17) is 0 Å². The van der Waals surface area contributed by atoms with Crippen molar-refractivity contribution in [2.75, 3.05) is 0 Å². The second kappa shape index (κ2) is 5.55. The summed E-state index contributed by atoms with van der Waals surface area (Å²) in [5, 5.41) is 0. The molecule has 0 aliphatic carbocycles. The summed E-state index contributed by atoms with van der Waals surface area (Å²) in [4.78, 5) is 15.9. The van der Waals surface area contributed by atoms with Gasteiger partial charge in [-0.3, -0.25) is 9.78 Å². The summed E-state index contributed by atoms with van der Waals surface area (Å²) in [5.41, 5.74) is 1.43. The lowest BCUT2D eigenvalue weighted by Gasteiger charge is -1.96. The highest BCUT2D eigenvalue weighted by Crippen LogP contribution is 2.12. The maximum atomic E-state index is 11.8. The molecule has 1 heterocycles. The zero-order chi connectivity index (χ0) is 12.1. The van der Waals surface area contributed by atoms with Crippen molar-refractivity contribution in [1.29, 1.82) is 0 Å². The molecule has 0 aliphatic rings. The monoisotopic (exact) mass is 287 g/mol. The molecule has 0 saturated heterocycles. The van der Waals surface area contributed by atoms with Crippen LogP contribution in [0.2, 0.25) is 0 Å². The van der Waals surface area contributed by atoms with Crippen LogP contribution < -0.4 is 0 Å². The standard InChI is InChI=1S/C14H10BrNO/c15-12-5-3-4-11(10-12)14(17)8-7-13-6-1-2-9-16-13/h1-10H/b8-7+. The number of benzene rings is 1. The van der Waals surface area contributed by atoms with Crippen LogP contribution in [0.25, 0.3) is 6.08 Å². The molecule has 0 fully saturated rings. The highest BCUT2D eigenvalue weighted by molar-refractivity contribution is 9.10. The molecule has 3 heteroatoms. The highest BCUT2D eigenvalue weighted by atomic mass is 79.9. The number of pyridine rings is 1. The number of halogens is 1. The summed E-state index contributed by atoms with van der Waals surface area (Å²) in [5.74, 6) is -0.0306. The maximum Gasteiger partial charge on any atom is 0.185 e. The number of aromatic nitrogens is 1. The van der Waals surface area contributed by atoms with Gasteiger partial charge in [-0.1, -0.05) is 34.1 Å². The van der Waals surface area contributed by atoms with Gasteiger partial charge in [0.2, 0.25) is 0 Å². The Kier molecular flexibility index (Phi) is 3.83. The summed E-state index contributed by atoms with van der Waals surface area (Å²) in [7, 11) is 0. The minimum Gasteiger partial charge on any atom is -0.289 e. The number of hydrogen-bond donors (Lipinski definition) is 0. The molecule has 0 spiro atoms. The minimum atomic E-state index is -0.0306. The van der Waals surface area contributed by atoms with E-state index in [0.29, 0.717) is 5.56 Å². The first-order chi connectivity index (χ1) is 8.25. The van der Waals surface area contributed by atoms with E-state index in [9.17, 15) is 4.79 Å². The summed E-state index contributed by atoms with van der Waals surface area (Å²) >= 11 is 3.34. The quantitative estimate of drug-likeness (QED) is 0.636. The van der Waals surface area contributed by atoms with E-state index >= 15 is 0 Å². The summed E-state index contributed by atoms with van der Waals surface area (Å²) in [6, 6.07) is 12.9. The van der Waals surface area contributed by atoms with Crippen LogP contribution in [-0.4, -0.2) is 10.8 Å². The first kappa shape index (κ1) is 11.7. The van der Waals surface area contributed by atoms with Crippen molar-refractivity contribution in [3.8, 4) is 0 Å². The molecule has 0 atom stereocenters. The molecular weight excluding hydrogens is 278 g/mol. The summed E-state index contributed by atoms with van der Waals surface area (Å²) in [6.45, 7) is 0. The van der Waals surface area contributed by atoms with Crippen molar-refractivity contribution in [2.24, 2.45) is 0 Å². The molecule has 0 bridgehead atoms. The predicted octanol–water partition coefficient (Wildman–Crippen LogP) is 3.74. The smallest absolute Gasteiger partial charge is 0.185 e. The van der Waals surface area contributed by atoms with E-state index in [0.717, 1.165) is 10.2 Å². The lowest BCUT2D eigenvalue weighted by atomic mass is 10.1. The van der Waals surface area contributed by atoms with Crippen LogP contribution in [0, 0.1) is 0 Å². The molecule has 1 aromatic heterocycles. The fraction of sp³-hybridized carbons (Fsp3) is 0. The van der Waals surface area contributed by atoms with Gasteiger partial charge in [-0.15, -0.1) is 0 Å². The molecule has 17 heavy (non-hydrogen) atoms. The van der Waals surface area contributed by atoms with E-state index in [1.807, 2.05) is 30.3 Å². The Bertz CT molecular complexity index is 549. The zero-order valence-electron chi connectivity index (χ0n) is 9.01. The van der Waals surface area contributed by atoms with Crippen molar-refractivity contribution >= 4 is 27.8 Å². The van der Waals surface area contributed by atoms with Crippen molar-refractivity contribution in [2.45, 2.75) is 0 Å². The van der Waals surface area contributed by atoms with Gasteiger partial charge in [0.05, 0.1) is 5.69 Å². The molecule has 84 valence electrons. The Balaban J connectivity index is 2.15. The number of ketones is 1. The Labute approximate surface area is 108 Å². The van der Waals surface area contributed by atoms with Crippen LogP contribution >= 0.6 is 15.9 Å². The second-order valence-corrected chi connectivity index (χ2v) is 4.38. The second-order valence-electron chi connectivity index (χ2n) is 3.46. The van der Waals surface area contributed by atoms with Crippen LogP contribution in [0.5, 0.6) is 0 Å². The third kappa shape index (κ3) is 3.36. The van der Waals surface area contributed by atoms with Crippen molar-refractivity contribution < 1.29 is 4.79 Å². The molecule has 2 rings (SSSR count). The first-order valence-corrected chi connectivity index (χ1v) is 5.94. The number of nitrogens with zero attached hydrogens (tertiary/aromatic N) is 1.